The second-order valence-electron chi connectivity index (χ2n) is 9.58. The fourth-order valence-corrected chi connectivity index (χ4v) is 5.85. The van der Waals surface area contributed by atoms with E-state index in [1.807, 2.05) is 0 Å². The molecule has 12 heteroatoms. The van der Waals surface area contributed by atoms with Crippen molar-refractivity contribution in [3.8, 4) is 0 Å². The smallest absolute Gasteiger partial charge is 0.338 e. The molecule has 6 N–H and O–H groups in total. The van der Waals surface area contributed by atoms with Gasteiger partial charge in [-0.05, 0) is 50.4 Å². The van der Waals surface area contributed by atoms with Crippen molar-refractivity contribution in [3.05, 3.63) is 34.9 Å². The monoisotopic (exact) mass is 560 g/mol. The molecular weight excluding hydrogens is 524 g/mol. The van der Waals surface area contributed by atoms with Gasteiger partial charge in [-0.25, -0.2) is 4.79 Å². The molecule has 10 nitrogen and oxygen atoms in total. The first kappa shape index (κ1) is 30.1. The van der Waals surface area contributed by atoms with Crippen LogP contribution in [-0.2, 0) is 14.3 Å². The number of ether oxygens (including phenoxy) is 2. The molecule has 0 unspecified atom stereocenters. The van der Waals surface area contributed by atoms with Crippen LogP contribution in [0.15, 0.2) is 24.3 Å². The number of aliphatic hydroxyl groups excluding tert-OH is 4. The molecule has 2 aliphatic rings. The van der Waals surface area contributed by atoms with Crippen LogP contribution < -0.4 is 10.6 Å². The highest BCUT2D eigenvalue weighted by Crippen LogP contribution is 2.31. The van der Waals surface area contributed by atoms with Gasteiger partial charge in [0, 0.05) is 10.8 Å². The second kappa shape index (κ2) is 14.1. The Balaban J connectivity index is 1.57. The molecule has 0 bridgehead atoms. The first-order valence-corrected chi connectivity index (χ1v) is 14.0. The van der Waals surface area contributed by atoms with Crippen LogP contribution >= 0.6 is 23.4 Å². The summed E-state index contributed by atoms with van der Waals surface area (Å²) in [6, 6.07) is 4.89. The second-order valence-corrected chi connectivity index (χ2v) is 11.2. The van der Waals surface area contributed by atoms with Gasteiger partial charge >= 0.3 is 5.97 Å². The maximum atomic E-state index is 12.9. The van der Waals surface area contributed by atoms with Gasteiger partial charge in [-0.2, -0.15) is 0 Å². The van der Waals surface area contributed by atoms with Crippen LogP contribution in [0.2, 0.25) is 5.02 Å². The third kappa shape index (κ3) is 8.03. The maximum absolute atomic E-state index is 12.9. The lowest BCUT2D eigenvalue weighted by molar-refractivity contribution is -0.211. The Morgan fingerprint density at radius 2 is 2.03 bits per heavy atom. The number of hydrogen-bond acceptors (Lipinski definition) is 10. The van der Waals surface area contributed by atoms with Crippen LogP contribution in [-0.4, -0.2) is 99.2 Å². The van der Waals surface area contributed by atoms with E-state index < -0.39 is 54.0 Å². The Morgan fingerprint density at radius 1 is 1.27 bits per heavy atom. The zero-order valence-corrected chi connectivity index (χ0v) is 22.5. The van der Waals surface area contributed by atoms with Crippen molar-refractivity contribution in [2.45, 2.75) is 81.1 Å². The minimum absolute atomic E-state index is 0.00521. The van der Waals surface area contributed by atoms with Gasteiger partial charge in [-0.15, -0.1) is 11.8 Å². The summed E-state index contributed by atoms with van der Waals surface area (Å²) >= 11 is 6.98. The van der Waals surface area contributed by atoms with E-state index in [0.717, 1.165) is 31.1 Å². The molecule has 3 rings (SSSR count). The SMILES string of the molecule is CCC[C@H]1CN[C@H](C(=O)N[C@@H]([C@H]2O[C@H](SCCOC(=O)c3cccc(Cl)c3)[C@H](O)[C@@H](O)[C@H]2O)[C@@H](C)O)C1. The molecule has 0 saturated carbocycles. The van der Waals surface area contributed by atoms with Gasteiger partial charge in [0.15, 0.2) is 0 Å². The summed E-state index contributed by atoms with van der Waals surface area (Å²) in [4.78, 5) is 25.1. The molecule has 0 spiro atoms. The van der Waals surface area contributed by atoms with E-state index in [4.69, 9.17) is 21.1 Å². The standard InChI is InChI=1S/C25H37ClN2O8S/c1-3-5-14-10-17(27-12-14)23(33)28-18(13(2)29)22-20(31)19(30)21(32)25(36-22)37-9-8-35-24(34)15-6-4-7-16(26)11-15/h4,6-7,11,13-14,17-22,25,27,29-32H,3,5,8-10,12H2,1-2H3,(H,28,33)/t13-,14-,17+,18-,19+,20-,21-,22-,25-/m1/s1. The number of hydrogen-bond donors (Lipinski definition) is 6. The lowest BCUT2D eigenvalue weighted by Gasteiger charge is -2.44. The van der Waals surface area contributed by atoms with Crippen LogP contribution in [0.25, 0.3) is 0 Å². The molecule has 0 aromatic heterocycles. The minimum atomic E-state index is -1.57. The number of benzene rings is 1. The van der Waals surface area contributed by atoms with Crippen molar-refractivity contribution in [1.29, 1.82) is 0 Å². The molecule has 2 fully saturated rings. The number of amides is 1. The third-order valence-corrected chi connectivity index (χ3v) is 8.04. The van der Waals surface area contributed by atoms with Crippen LogP contribution in [0.1, 0.15) is 43.5 Å². The largest absolute Gasteiger partial charge is 0.461 e. The van der Waals surface area contributed by atoms with Crippen molar-refractivity contribution in [1.82, 2.24) is 10.6 Å². The number of halogens is 1. The van der Waals surface area contributed by atoms with E-state index in [-0.39, 0.29) is 18.3 Å². The lowest BCUT2D eigenvalue weighted by atomic mass is 9.92. The normalized spacial score (nSPS) is 31.5. The molecule has 37 heavy (non-hydrogen) atoms. The highest BCUT2D eigenvalue weighted by atomic mass is 35.5. The zero-order valence-electron chi connectivity index (χ0n) is 21.0. The van der Waals surface area contributed by atoms with Crippen molar-refractivity contribution < 1.29 is 39.5 Å². The van der Waals surface area contributed by atoms with Crippen molar-refractivity contribution >= 4 is 35.2 Å². The molecular formula is C25H37ClN2O8S. The molecule has 9 atom stereocenters. The molecule has 1 aromatic rings. The highest BCUT2D eigenvalue weighted by Gasteiger charge is 2.48. The highest BCUT2D eigenvalue weighted by molar-refractivity contribution is 7.99. The third-order valence-electron chi connectivity index (χ3n) is 6.68. The predicted molar refractivity (Wildman–Crippen MR) is 139 cm³/mol. The number of carbonyl (C=O) groups is 2. The van der Waals surface area contributed by atoms with Gasteiger partial charge in [0.2, 0.25) is 5.91 Å². The Kier molecular flexibility index (Phi) is 11.5. The summed E-state index contributed by atoms with van der Waals surface area (Å²) in [5.74, 6) is -0.258. The number of thioether (sulfide) groups is 1. The quantitative estimate of drug-likeness (QED) is 0.168. The molecule has 1 aromatic carbocycles. The summed E-state index contributed by atoms with van der Waals surface area (Å²) in [5, 5.41) is 48.3. The van der Waals surface area contributed by atoms with E-state index in [1.54, 1.807) is 18.2 Å². The minimum Gasteiger partial charge on any atom is -0.461 e. The number of aliphatic hydroxyl groups is 4. The lowest BCUT2D eigenvalue weighted by Crippen LogP contribution is -2.65. The van der Waals surface area contributed by atoms with Crippen LogP contribution in [0.3, 0.4) is 0 Å². The van der Waals surface area contributed by atoms with Crippen molar-refractivity contribution in [2.75, 3.05) is 18.9 Å². The van der Waals surface area contributed by atoms with E-state index in [0.29, 0.717) is 22.9 Å². The molecule has 2 heterocycles. The summed E-state index contributed by atoms with van der Waals surface area (Å²) < 4.78 is 11.1. The number of rotatable bonds is 11. The van der Waals surface area contributed by atoms with Gasteiger partial charge in [-0.3, -0.25) is 4.79 Å². The first-order chi connectivity index (χ1) is 17.6. The van der Waals surface area contributed by atoms with Crippen LogP contribution in [0.4, 0.5) is 0 Å². The van der Waals surface area contributed by atoms with Gasteiger partial charge in [-0.1, -0.05) is 31.0 Å². The van der Waals surface area contributed by atoms with E-state index in [1.165, 1.54) is 13.0 Å². The van der Waals surface area contributed by atoms with E-state index in [9.17, 15) is 30.0 Å². The van der Waals surface area contributed by atoms with Gasteiger partial charge < -0.3 is 40.5 Å². The Morgan fingerprint density at radius 3 is 2.70 bits per heavy atom. The molecule has 0 radical (unpaired) electrons. The van der Waals surface area contributed by atoms with Gasteiger partial charge in [0.1, 0.15) is 36.5 Å². The summed E-state index contributed by atoms with van der Waals surface area (Å²) in [6.45, 7) is 4.28. The van der Waals surface area contributed by atoms with Gasteiger partial charge in [0.05, 0.1) is 23.8 Å². The van der Waals surface area contributed by atoms with Gasteiger partial charge in [0.25, 0.3) is 0 Å². The number of esters is 1. The topological polar surface area (TPSA) is 158 Å². The molecule has 208 valence electrons. The molecule has 1 amide bonds. The number of nitrogens with one attached hydrogen (secondary N) is 2. The number of carbonyl (C=O) groups excluding carboxylic acids is 2. The Labute approximate surface area is 226 Å². The van der Waals surface area contributed by atoms with Crippen molar-refractivity contribution in [3.63, 3.8) is 0 Å². The average molecular weight is 561 g/mol. The summed E-state index contributed by atoms with van der Waals surface area (Å²) in [6.07, 6.45) is -4.12. The maximum Gasteiger partial charge on any atom is 0.338 e. The first-order valence-electron chi connectivity index (χ1n) is 12.6. The van der Waals surface area contributed by atoms with Crippen LogP contribution in [0, 0.1) is 5.92 Å². The molecule has 2 aliphatic heterocycles. The van der Waals surface area contributed by atoms with E-state index in [2.05, 4.69) is 17.6 Å². The van der Waals surface area contributed by atoms with Crippen molar-refractivity contribution in [2.24, 2.45) is 5.92 Å². The average Bonchev–Trinajstić information content (AvgIpc) is 3.34. The Hall–Kier alpha value is -1.44. The van der Waals surface area contributed by atoms with Crippen LogP contribution in [0.5, 0.6) is 0 Å². The fraction of sp³-hybridized carbons (Fsp3) is 0.680. The fourth-order valence-electron chi connectivity index (χ4n) is 4.68. The summed E-state index contributed by atoms with van der Waals surface area (Å²) in [7, 11) is 0. The molecule has 2 saturated heterocycles. The summed E-state index contributed by atoms with van der Waals surface area (Å²) in [5.41, 5.74) is -0.691. The Bertz CT molecular complexity index is 909. The molecule has 0 aliphatic carbocycles. The predicted octanol–water partition coefficient (Wildman–Crippen LogP) is 0.681. The zero-order chi connectivity index (χ0) is 27.1. The van der Waals surface area contributed by atoms with E-state index >= 15 is 0 Å².